The highest BCUT2D eigenvalue weighted by Gasteiger charge is 2.32. The molecule has 7 heteroatoms. The Balaban J connectivity index is 2.95. The number of hydrogen-bond donors (Lipinski definition) is 1. The van der Waals surface area contributed by atoms with Crippen molar-refractivity contribution in [3.8, 4) is 0 Å². The molecule has 4 nitrogen and oxygen atoms in total. The second-order valence-electron chi connectivity index (χ2n) is 3.81. The lowest BCUT2D eigenvalue weighted by Crippen LogP contribution is -2.10. The molecule has 1 aromatic rings. The van der Waals surface area contributed by atoms with Gasteiger partial charge in [-0.3, -0.25) is 4.57 Å². The van der Waals surface area contributed by atoms with Crippen LogP contribution in [0, 0.1) is 0 Å². The van der Waals surface area contributed by atoms with E-state index in [9.17, 15) is 9.67 Å². The third-order valence-corrected chi connectivity index (χ3v) is 4.99. The number of benzene rings is 1. The van der Waals surface area contributed by atoms with Crippen LogP contribution in [0.25, 0.3) is 5.03 Å². The molecular weight excluding hydrogens is 322 g/mol. The van der Waals surface area contributed by atoms with Gasteiger partial charge in [-0.2, -0.15) is 0 Å². The summed E-state index contributed by atoms with van der Waals surface area (Å²) in [5.74, 6) is -1.43. The minimum atomic E-state index is -3.63. The van der Waals surface area contributed by atoms with E-state index in [1.165, 1.54) is 6.08 Å². The van der Waals surface area contributed by atoms with Crippen LogP contribution in [0.1, 0.15) is 19.4 Å². The Morgan fingerprint density at radius 3 is 2.25 bits per heavy atom. The Morgan fingerprint density at radius 1 is 1.30 bits per heavy atom. The Kier molecular flexibility index (Phi) is 7.24. The fourth-order valence-electron chi connectivity index (χ4n) is 1.48. The molecule has 0 saturated heterocycles. The van der Waals surface area contributed by atoms with Crippen molar-refractivity contribution in [2.24, 2.45) is 0 Å². The lowest BCUT2D eigenvalue weighted by Gasteiger charge is -2.20. The van der Waals surface area contributed by atoms with Crippen LogP contribution in [0.2, 0.25) is 5.02 Å². The molecule has 1 aromatic carbocycles. The van der Waals surface area contributed by atoms with Gasteiger partial charge in [0.1, 0.15) is 0 Å². The summed E-state index contributed by atoms with van der Waals surface area (Å²) in [5, 5.41) is 10.8. The number of aliphatic hydroxyl groups is 1. The predicted molar refractivity (Wildman–Crippen MR) is 82.1 cm³/mol. The van der Waals surface area contributed by atoms with Gasteiger partial charge in [-0.1, -0.05) is 35.3 Å². The normalized spacial score (nSPS) is 14.3. The molecule has 0 unspecified atom stereocenters. The number of rotatable bonds is 7. The van der Waals surface area contributed by atoms with Gasteiger partial charge in [-0.05, 0) is 37.6 Å². The fraction of sp³-hybridized carbons (Fsp3) is 0.385. The average Bonchev–Trinajstić information content (AvgIpc) is 2.39. The van der Waals surface area contributed by atoms with Crippen LogP contribution in [-0.4, -0.2) is 24.2 Å². The van der Waals surface area contributed by atoms with Gasteiger partial charge in [0.15, 0.2) is 5.85 Å². The highest BCUT2D eigenvalue weighted by molar-refractivity contribution is 7.54. The first-order chi connectivity index (χ1) is 9.42. The smallest absolute Gasteiger partial charge is 0.362 e. The van der Waals surface area contributed by atoms with E-state index in [-0.39, 0.29) is 18.2 Å². The van der Waals surface area contributed by atoms with E-state index >= 15 is 0 Å². The summed E-state index contributed by atoms with van der Waals surface area (Å²) in [5.41, 5.74) is 0.648. The zero-order chi connectivity index (χ0) is 15.2. The summed E-state index contributed by atoms with van der Waals surface area (Å²) in [6, 6.07) is 6.73. The summed E-state index contributed by atoms with van der Waals surface area (Å²) >= 11 is 11.9. The van der Waals surface area contributed by atoms with Crippen LogP contribution < -0.4 is 0 Å². The largest absolute Gasteiger partial charge is 0.377 e. The molecule has 0 aliphatic heterocycles. The fourth-order valence-corrected chi connectivity index (χ4v) is 3.37. The molecule has 0 bridgehead atoms. The van der Waals surface area contributed by atoms with Gasteiger partial charge >= 0.3 is 7.60 Å². The van der Waals surface area contributed by atoms with E-state index in [2.05, 4.69) is 0 Å². The van der Waals surface area contributed by atoms with Gasteiger partial charge in [0.25, 0.3) is 0 Å². The molecule has 0 fully saturated rings. The first-order valence-electron chi connectivity index (χ1n) is 6.13. The molecule has 1 N–H and O–H groups in total. The molecule has 0 saturated carbocycles. The minimum Gasteiger partial charge on any atom is -0.377 e. The molecule has 1 atom stereocenters. The number of aliphatic hydroxyl groups excluding tert-OH is 1. The lowest BCUT2D eigenvalue weighted by molar-refractivity contribution is 0.169. The predicted octanol–water partition coefficient (Wildman–Crippen LogP) is 4.50. The second kappa shape index (κ2) is 8.18. The van der Waals surface area contributed by atoms with E-state index in [1.807, 2.05) is 0 Å². The molecule has 0 aromatic heterocycles. The third kappa shape index (κ3) is 4.88. The van der Waals surface area contributed by atoms with Gasteiger partial charge in [-0.15, -0.1) is 0 Å². The van der Waals surface area contributed by atoms with E-state index in [1.54, 1.807) is 38.1 Å². The standard InChI is InChI=1S/C13H17Cl2O4P/c1-3-18-20(17,19-4-2)13(16)9-12(15)10-5-7-11(14)8-6-10/h5-9,13,16H,3-4H2,1-2H3/b12-9-/t13-/m0/s1. The van der Waals surface area contributed by atoms with Crippen molar-refractivity contribution < 1.29 is 18.7 Å². The van der Waals surface area contributed by atoms with Gasteiger partial charge in [0.2, 0.25) is 0 Å². The van der Waals surface area contributed by atoms with Crippen LogP contribution in [0.4, 0.5) is 0 Å². The van der Waals surface area contributed by atoms with Crippen molar-refractivity contribution in [3.63, 3.8) is 0 Å². The van der Waals surface area contributed by atoms with Crippen LogP contribution in [0.3, 0.4) is 0 Å². The molecule has 0 heterocycles. The first kappa shape index (κ1) is 17.7. The van der Waals surface area contributed by atoms with Crippen molar-refractivity contribution in [3.05, 3.63) is 40.9 Å². The Hall–Kier alpha value is -0.350. The zero-order valence-electron chi connectivity index (χ0n) is 11.3. The topological polar surface area (TPSA) is 55.8 Å². The maximum Gasteiger partial charge on any atom is 0.362 e. The van der Waals surface area contributed by atoms with Crippen LogP contribution in [0.15, 0.2) is 30.3 Å². The van der Waals surface area contributed by atoms with E-state index < -0.39 is 13.4 Å². The monoisotopic (exact) mass is 338 g/mol. The molecule has 0 radical (unpaired) electrons. The summed E-state index contributed by atoms with van der Waals surface area (Å²) in [6.45, 7) is 3.67. The summed E-state index contributed by atoms with van der Waals surface area (Å²) < 4.78 is 22.4. The highest BCUT2D eigenvalue weighted by atomic mass is 35.5. The summed E-state index contributed by atoms with van der Waals surface area (Å²) in [7, 11) is -3.63. The molecule has 0 amide bonds. The molecule has 0 aliphatic carbocycles. The van der Waals surface area contributed by atoms with E-state index in [0.29, 0.717) is 10.6 Å². The van der Waals surface area contributed by atoms with Gasteiger partial charge in [-0.25, -0.2) is 0 Å². The van der Waals surface area contributed by atoms with Gasteiger partial charge in [0, 0.05) is 10.1 Å². The minimum absolute atomic E-state index is 0.167. The summed E-state index contributed by atoms with van der Waals surface area (Å²) in [6.07, 6.45) is 1.25. The molecule has 0 aliphatic rings. The first-order valence-corrected chi connectivity index (χ1v) is 8.49. The third-order valence-electron chi connectivity index (χ3n) is 2.36. The molecule has 1 rings (SSSR count). The number of hydrogen-bond acceptors (Lipinski definition) is 4. The van der Waals surface area contributed by atoms with Gasteiger partial charge < -0.3 is 14.2 Å². The van der Waals surface area contributed by atoms with Crippen LogP contribution >= 0.6 is 30.8 Å². The SMILES string of the molecule is CCOP(=O)(OCC)[C@H](O)/C=C(\Cl)c1ccc(Cl)cc1. The Morgan fingerprint density at radius 2 is 1.80 bits per heavy atom. The van der Waals surface area contributed by atoms with Crippen LogP contribution in [-0.2, 0) is 13.6 Å². The number of halogens is 2. The van der Waals surface area contributed by atoms with Crippen molar-refractivity contribution >= 4 is 35.8 Å². The molecule has 20 heavy (non-hydrogen) atoms. The molecule has 0 spiro atoms. The molecule has 112 valence electrons. The Bertz CT molecular complexity index is 492. The maximum atomic E-state index is 12.3. The van der Waals surface area contributed by atoms with Crippen molar-refractivity contribution in [1.82, 2.24) is 0 Å². The van der Waals surface area contributed by atoms with Gasteiger partial charge in [0.05, 0.1) is 13.2 Å². The van der Waals surface area contributed by atoms with E-state index in [0.717, 1.165) is 0 Å². The van der Waals surface area contributed by atoms with Crippen molar-refractivity contribution in [1.29, 1.82) is 0 Å². The average molecular weight is 339 g/mol. The molecular formula is C13H17Cl2O4P. The summed E-state index contributed by atoms with van der Waals surface area (Å²) in [4.78, 5) is 0. The van der Waals surface area contributed by atoms with Crippen molar-refractivity contribution in [2.45, 2.75) is 19.7 Å². The maximum absolute atomic E-state index is 12.3. The second-order valence-corrected chi connectivity index (χ2v) is 6.78. The van der Waals surface area contributed by atoms with Crippen molar-refractivity contribution in [2.75, 3.05) is 13.2 Å². The quantitative estimate of drug-likeness (QED) is 0.743. The lowest BCUT2D eigenvalue weighted by atomic mass is 10.2. The zero-order valence-corrected chi connectivity index (χ0v) is 13.7. The highest BCUT2D eigenvalue weighted by Crippen LogP contribution is 2.53. The van der Waals surface area contributed by atoms with E-state index in [4.69, 9.17) is 32.2 Å². The Labute approximate surface area is 128 Å². The van der Waals surface area contributed by atoms with Crippen LogP contribution in [0.5, 0.6) is 0 Å².